The minimum atomic E-state index is -0.448. The number of aliphatic hydroxyl groups excluding tert-OH is 2. The number of fused-ring (bicyclic) bond motifs is 1. The summed E-state index contributed by atoms with van der Waals surface area (Å²) in [4.78, 5) is 12.8. The number of hydrogen-bond donors (Lipinski definition) is 2. The fourth-order valence-corrected chi connectivity index (χ4v) is 5.26. The van der Waals surface area contributed by atoms with Gasteiger partial charge in [-0.3, -0.25) is 9.36 Å². The summed E-state index contributed by atoms with van der Waals surface area (Å²) in [6.07, 6.45) is 0.608. The molecule has 1 atom stereocenters. The van der Waals surface area contributed by atoms with E-state index < -0.39 is 12.1 Å². The van der Waals surface area contributed by atoms with Crippen LogP contribution in [0.2, 0.25) is 5.02 Å². The summed E-state index contributed by atoms with van der Waals surface area (Å²) in [7, 11) is 6.82. The zero-order valence-electron chi connectivity index (χ0n) is 22.6. The molecule has 38 heavy (non-hydrogen) atoms. The van der Waals surface area contributed by atoms with E-state index in [2.05, 4.69) is 5.10 Å². The lowest BCUT2D eigenvalue weighted by Gasteiger charge is -2.15. The van der Waals surface area contributed by atoms with Crippen LogP contribution in [0.3, 0.4) is 0 Å². The van der Waals surface area contributed by atoms with Crippen molar-refractivity contribution in [3.8, 4) is 11.1 Å². The normalized spacial score (nSPS) is 12.4. The Labute approximate surface area is 226 Å². The van der Waals surface area contributed by atoms with Crippen molar-refractivity contribution in [2.75, 3.05) is 13.7 Å². The van der Waals surface area contributed by atoms with Gasteiger partial charge in [0.25, 0.3) is 0 Å². The van der Waals surface area contributed by atoms with Crippen LogP contribution in [0.25, 0.3) is 22.0 Å². The van der Waals surface area contributed by atoms with Crippen molar-refractivity contribution in [3.05, 3.63) is 57.3 Å². The van der Waals surface area contributed by atoms with E-state index in [0.717, 1.165) is 33.3 Å². The topological polar surface area (TPSA) is 117 Å². The maximum atomic E-state index is 12.8. The molecule has 204 valence electrons. The van der Waals surface area contributed by atoms with Crippen molar-refractivity contribution in [2.45, 2.75) is 46.0 Å². The molecule has 0 aliphatic carbocycles. The molecule has 11 heteroatoms. The van der Waals surface area contributed by atoms with Crippen molar-refractivity contribution in [3.63, 3.8) is 0 Å². The lowest BCUT2D eigenvalue weighted by molar-refractivity contribution is 0.0475. The van der Waals surface area contributed by atoms with Gasteiger partial charge in [0.05, 0.1) is 54.0 Å². The molecule has 0 fully saturated rings. The van der Waals surface area contributed by atoms with Crippen LogP contribution in [0.15, 0.2) is 18.2 Å². The molecular formula is C27H34ClN5O5. The molecule has 0 aliphatic rings. The number of aliphatic hydroxyl groups is 2. The third kappa shape index (κ3) is 4.84. The van der Waals surface area contributed by atoms with Gasteiger partial charge >= 0.3 is 5.97 Å². The molecule has 0 amide bonds. The fraction of sp³-hybridized carbons (Fsp3) is 0.444. The lowest BCUT2D eigenvalue weighted by atomic mass is 9.97. The molecule has 10 nitrogen and oxygen atoms in total. The number of ether oxygens (including phenoxy) is 2. The van der Waals surface area contributed by atoms with E-state index in [0.29, 0.717) is 40.6 Å². The van der Waals surface area contributed by atoms with Gasteiger partial charge in [0, 0.05) is 50.0 Å². The van der Waals surface area contributed by atoms with Gasteiger partial charge in [0.2, 0.25) is 0 Å². The minimum absolute atomic E-state index is 0.00817. The van der Waals surface area contributed by atoms with E-state index >= 15 is 0 Å². The highest BCUT2D eigenvalue weighted by Gasteiger charge is 2.29. The van der Waals surface area contributed by atoms with Gasteiger partial charge in [0.15, 0.2) is 0 Å². The van der Waals surface area contributed by atoms with Crippen LogP contribution in [-0.2, 0) is 50.3 Å². The zero-order chi connectivity index (χ0) is 27.7. The monoisotopic (exact) mass is 543 g/mol. The van der Waals surface area contributed by atoms with E-state index in [9.17, 15) is 15.0 Å². The van der Waals surface area contributed by atoms with Crippen LogP contribution >= 0.6 is 11.6 Å². The third-order valence-electron chi connectivity index (χ3n) is 7.04. The Kier molecular flexibility index (Phi) is 8.27. The summed E-state index contributed by atoms with van der Waals surface area (Å²) < 4.78 is 16.5. The number of halogens is 1. The largest absolute Gasteiger partial charge is 0.464 e. The number of methoxy groups -OCH3 is 1. The maximum Gasteiger partial charge on any atom is 0.354 e. The van der Waals surface area contributed by atoms with Crippen molar-refractivity contribution < 1.29 is 24.5 Å². The van der Waals surface area contributed by atoms with Crippen molar-refractivity contribution in [1.82, 2.24) is 24.1 Å². The highest BCUT2D eigenvalue weighted by atomic mass is 35.5. The molecule has 0 saturated heterocycles. The SMILES string of the molecule is COC(=O)c1c(CCCO)c2ccc(Cl)c(-c3c(C(C)OCc4cc(CO)n(C)n4)nn(C)c3C)c2n1C. The molecule has 0 aliphatic heterocycles. The summed E-state index contributed by atoms with van der Waals surface area (Å²) >= 11 is 6.87. The molecule has 3 aromatic heterocycles. The molecule has 1 unspecified atom stereocenters. The van der Waals surface area contributed by atoms with Crippen LogP contribution in [0.4, 0.5) is 0 Å². The first kappa shape index (κ1) is 27.8. The number of aryl methyl sites for hydroxylation is 4. The molecule has 4 aromatic rings. The molecule has 1 aromatic carbocycles. The number of aromatic nitrogens is 5. The van der Waals surface area contributed by atoms with E-state index in [1.807, 2.05) is 44.6 Å². The van der Waals surface area contributed by atoms with Gasteiger partial charge in [-0.1, -0.05) is 17.7 Å². The molecular weight excluding hydrogens is 510 g/mol. The highest BCUT2D eigenvalue weighted by molar-refractivity contribution is 6.35. The zero-order valence-corrected chi connectivity index (χ0v) is 23.3. The Hall–Kier alpha value is -3.18. The summed E-state index contributed by atoms with van der Waals surface area (Å²) in [6.45, 7) is 4.04. The number of benzene rings is 1. The third-order valence-corrected chi connectivity index (χ3v) is 7.35. The van der Waals surface area contributed by atoms with Crippen molar-refractivity contribution in [2.24, 2.45) is 21.1 Å². The summed E-state index contributed by atoms with van der Waals surface area (Å²) in [5.41, 5.74) is 6.61. The van der Waals surface area contributed by atoms with Gasteiger partial charge in [0.1, 0.15) is 5.69 Å². The number of hydrogen-bond acceptors (Lipinski definition) is 7. The standard InChI is InChI=1S/C27H34ClN5O5/c1-15-22(24(30-32(15)4)16(2)38-14-17-12-18(13-35)33(5)29-17)23-21(28)10-9-20-19(8-7-11-34)26(27(36)37-6)31(3)25(20)23/h9-10,12,16,34-35H,7-8,11,13-14H2,1-6H3. The minimum Gasteiger partial charge on any atom is -0.464 e. The average molecular weight is 544 g/mol. The maximum absolute atomic E-state index is 12.8. The van der Waals surface area contributed by atoms with E-state index in [4.69, 9.17) is 26.2 Å². The Balaban J connectivity index is 1.86. The predicted molar refractivity (Wildman–Crippen MR) is 144 cm³/mol. The van der Waals surface area contributed by atoms with Gasteiger partial charge in [-0.2, -0.15) is 10.2 Å². The van der Waals surface area contributed by atoms with Gasteiger partial charge in [-0.05, 0) is 44.4 Å². The van der Waals surface area contributed by atoms with Gasteiger partial charge in [-0.25, -0.2) is 4.79 Å². The molecule has 2 N–H and O–H groups in total. The molecule has 4 rings (SSSR count). The van der Waals surface area contributed by atoms with Crippen LogP contribution in [0, 0.1) is 6.92 Å². The van der Waals surface area contributed by atoms with Crippen LogP contribution < -0.4 is 0 Å². The first-order valence-electron chi connectivity index (χ1n) is 12.4. The quantitative estimate of drug-likeness (QED) is 0.292. The summed E-state index contributed by atoms with van der Waals surface area (Å²) in [5.74, 6) is -0.448. The van der Waals surface area contributed by atoms with Gasteiger partial charge < -0.3 is 24.3 Å². The van der Waals surface area contributed by atoms with Crippen LogP contribution in [0.1, 0.15) is 58.3 Å². The highest BCUT2D eigenvalue weighted by Crippen LogP contribution is 2.43. The Morgan fingerprint density at radius 3 is 2.50 bits per heavy atom. The molecule has 0 saturated carbocycles. The first-order chi connectivity index (χ1) is 18.1. The average Bonchev–Trinajstić information content (AvgIpc) is 3.51. The Morgan fingerprint density at radius 1 is 1.13 bits per heavy atom. The lowest BCUT2D eigenvalue weighted by Crippen LogP contribution is -2.10. The summed E-state index contributed by atoms with van der Waals surface area (Å²) in [6, 6.07) is 5.54. The smallest absolute Gasteiger partial charge is 0.354 e. The van der Waals surface area contributed by atoms with E-state index in [1.54, 1.807) is 22.5 Å². The molecule has 0 bridgehead atoms. The second-order valence-corrected chi connectivity index (χ2v) is 9.76. The molecule has 3 heterocycles. The van der Waals surface area contributed by atoms with Crippen molar-refractivity contribution in [1.29, 1.82) is 0 Å². The number of nitrogens with zero attached hydrogens (tertiary/aromatic N) is 5. The Bertz CT molecular complexity index is 1490. The van der Waals surface area contributed by atoms with Crippen LogP contribution in [0.5, 0.6) is 0 Å². The number of esters is 1. The number of carbonyl (C=O) groups excluding carboxylic acids is 1. The predicted octanol–water partition coefficient (Wildman–Crippen LogP) is 3.76. The second-order valence-electron chi connectivity index (χ2n) is 9.35. The Morgan fingerprint density at radius 2 is 1.87 bits per heavy atom. The van der Waals surface area contributed by atoms with E-state index in [1.165, 1.54) is 7.11 Å². The molecule has 0 radical (unpaired) electrons. The van der Waals surface area contributed by atoms with Gasteiger partial charge in [-0.15, -0.1) is 0 Å². The van der Waals surface area contributed by atoms with Crippen LogP contribution in [-0.4, -0.2) is 54.0 Å². The van der Waals surface area contributed by atoms with E-state index in [-0.39, 0.29) is 19.8 Å². The molecule has 0 spiro atoms. The fourth-order valence-electron chi connectivity index (χ4n) is 5.01. The number of rotatable bonds is 10. The van der Waals surface area contributed by atoms with Crippen molar-refractivity contribution >= 4 is 28.5 Å². The first-order valence-corrected chi connectivity index (χ1v) is 12.8. The summed E-state index contributed by atoms with van der Waals surface area (Å²) in [5, 5.41) is 29.5. The number of carbonyl (C=O) groups is 1. The second kappa shape index (κ2) is 11.3.